The Bertz CT molecular complexity index is 350. The Morgan fingerprint density at radius 1 is 1.59 bits per heavy atom. The average Bonchev–Trinajstić information content (AvgIpc) is 2.73. The van der Waals surface area contributed by atoms with E-state index in [1.807, 2.05) is 20.0 Å². The second-order valence-electron chi connectivity index (χ2n) is 4.94. The Morgan fingerprint density at radius 3 is 3.00 bits per heavy atom. The minimum absolute atomic E-state index is 0.299. The van der Waals surface area contributed by atoms with E-state index in [2.05, 4.69) is 28.6 Å². The molecule has 2 atom stereocenters. The van der Waals surface area contributed by atoms with Gasteiger partial charge >= 0.3 is 0 Å². The van der Waals surface area contributed by atoms with Crippen LogP contribution in [-0.2, 0) is 0 Å². The van der Waals surface area contributed by atoms with Gasteiger partial charge in [0.25, 0.3) is 0 Å². The maximum Gasteiger partial charge on any atom is 0.121 e. The zero-order valence-corrected chi connectivity index (χ0v) is 11.0. The molecule has 0 amide bonds. The first-order chi connectivity index (χ1) is 8.19. The number of aryl methyl sites for hydroxylation is 1. The molecule has 17 heavy (non-hydrogen) atoms. The molecule has 2 unspecified atom stereocenters. The lowest BCUT2D eigenvalue weighted by molar-refractivity contribution is 0.217. The van der Waals surface area contributed by atoms with Crippen LogP contribution in [-0.4, -0.2) is 44.7 Å². The van der Waals surface area contributed by atoms with Gasteiger partial charge in [0.15, 0.2) is 0 Å². The zero-order valence-electron chi connectivity index (χ0n) is 11.0. The van der Waals surface area contributed by atoms with Gasteiger partial charge in [0.2, 0.25) is 0 Å². The molecule has 1 aromatic heterocycles. The Morgan fingerprint density at radius 2 is 2.41 bits per heavy atom. The fourth-order valence-corrected chi connectivity index (χ4v) is 2.45. The molecule has 2 heterocycles. The SMILES string of the molecule is CNC(CC1CN(C)CCN1)c1ccc(C)o1. The Labute approximate surface area is 103 Å². The smallest absolute Gasteiger partial charge is 0.121 e. The van der Waals surface area contributed by atoms with Crippen molar-refractivity contribution in [3.63, 3.8) is 0 Å². The van der Waals surface area contributed by atoms with Crippen molar-refractivity contribution in [2.24, 2.45) is 0 Å². The van der Waals surface area contributed by atoms with E-state index >= 15 is 0 Å². The van der Waals surface area contributed by atoms with Crippen molar-refractivity contribution in [1.82, 2.24) is 15.5 Å². The predicted molar refractivity (Wildman–Crippen MR) is 69.2 cm³/mol. The van der Waals surface area contributed by atoms with Crippen LogP contribution in [0.15, 0.2) is 16.5 Å². The van der Waals surface area contributed by atoms with Crippen molar-refractivity contribution in [2.45, 2.75) is 25.4 Å². The summed E-state index contributed by atoms with van der Waals surface area (Å²) in [6, 6.07) is 4.94. The van der Waals surface area contributed by atoms with E-state index in [9.17, 15) is 0 Å². The predicted octanol–water partition coefficient (Wildman–Crippen LogP) is 1.14. The lowest BCUT2D eigenvalue weighted by Crippen LogP contribution is -2.50. The Kier molecular flexibility index (Phi) is 4.20. The highest BCUT2D eigenvalue weighted by atomic mass is 16.3. The fraction of sp³-hybridized carbons (Fsp3) is 0.692. The third kappa shape index (κ3) is 3.31. The summed E-state index contributed by atoms with van der Waals surface area (Å²) >= 11 is 0. The first kappa shape index (κ1) is 12.6. The van der Waals surface area contributed by atoms with Crippen molar-refractivity contribution in [3.05, 3.63) is 23.7 Å². The molecule has 1 aliphatic heterocycles. The molecule has 0 aromatic carbocycles. The van der Waals surface area contributed by atoms with Gasteiger partial charge in [-0.1, -0.05) is 0 Å². The highest BCUT2D eigenvalue weighted by molar-refractivity contribution is 5.10. The van der Waals surface area contributed by atoms with Crippen molar-refractivity contribution in [2.75, 3.05) is 33.7 Å². The minimum atomic E-state index is 0.299. The molecule has 0 radical (unpaired) electrons. The second kappa shape index (κ2) is 5.67. The highest BCUT2D eigenvalue weighted by Gasteiger charge is 2.22. The number of hydrogen-bond donors (Lipinski definition) is 2. The number of furan rings is 1. The van der Waals surface area contributed by atoms with Gasteiger partial charge in [0, 0.05) is 25.7 Å². The summed E-state index contributed by atoms with van der Waals surface area (Å²) in [6.45, 7) is 5.32. The lowest BCUT2D eigenvalue weighted by Gasteiger charge is -2.32. The number of likely N-dealkylation sites (N-methyl/N-ethyl adjacent to an activating group) is 1. The van der Waals surface area contributed by atoms with E-state index in [1.165, 1.54) is 0 Å². The first-order valence-electron chi connectivity index (χ1n) is 6.34. The van der Waals surface area contributed by atoms with Gasteiger partial charge in [-0.3, -0.25) is 0 Å². The molecule has 0 aliphatic carbocycles. The summed E-state index contributed by atoms with van der Waals surface area (Å²) in [5.74, 6) is 2.02. The quantitative estimate of drug-likeness (QED) is 0.824. The molecular weight excluding hydrogens is 214 g/mol. The molecule has 1 aliphatic rings. The lowest BCUT2D eigenvalue weighted by atomic mass is 10.0. The van der Waals surface area contributed by atoms with E-state index in [-0.39, 0.29) is 0 Å². The summed E-state index contributed by atoms with van der Waals surface area (Å²) in [5, 5.41) is 6.91. The molecule has 1 aromatic rings. The van der Waals surface area contributed by atoms with Gasteiger partial charge in [-0.05, 0) is 39.6 Å². The standard InChI is InChI=1S/C13H23N3O/c1-10-4-5-13(17-10)12(14-2)8-11-9-16(3)7-6-15-11/h4-5,11-12,14-15H,6-9H2,1-3H3. The van der Waals surface area contributed by atoms with Crippen LogP contribution in [0, 0.1) is 6.92 Å². The van der Waals surface area contributed by atoms with Crippen LogP contribution in [0.1, 0.15) is 24.0 Å². The summed E-state index contributed by atoms with van der Waals surface area (Å²) in [5.41, 5.74) is 0. The number of nitrogens with one attached hydrogen (secondary N) is 2. The third-order valence-corrected chi connectivity index (χ3v) is 3.43. The van der Waals surface area contributed by atoms with Crippen LogP contribution >= 0.6 is 0 Å². The molecule has 0 saturated carbocycles. The molecule has 2 N–H and O–H groups in total. The molecular formula is C13H23N3O. The fourth-order valence-electron chi connectivity index (χ4n) is 2.45. The number of rotatable bonds is 4. The minimum Gasteiger partial charge on any atom is -0.465 e. The largest absolute Gasteiger partial charge is 0.465 e. The van der Waals surface area contributed by atoms with Crippen LogP contribution in [0.3, 0.4) is 0 Å². The number of piperazine rings is 1. The molecule has 0 bridgehead atoms. The van der Waals surface area contributed by atoms with E-state index in [0.29, 0.717) is 12.1 Å². The third-order valence-electron chi connectivity index (χ3n) is 3.43. The molecule has 4 nitrogen and oxygen atoms in total. The van der Waals surface area contributed by atoms with E-state index in [4.69, 9.17) is 4.42 Å². The van der Waals surface area contributed by atoms with Crippen molar-refractivity contribution in [1.29, 1.82) is 0 Å². The van der Waals surface area contributed by atoms with Crippen LogP contribution < -0.4 is 10.6 Å². The maximum absolute atomic E-state index is 5.70. The van der Waals surface area contributed by atoms with Crippen LogP contribution in [0.2, 0.25) is 0 Å². The van der Waals surface area contributed by atoms with Crippen LogP contribution in [0.5, 0.6) is 0 Å². The van der Waals surface area contributed by atoms with Gasteiger partial charge in [-0.15, -0.1) is 0 Å². The van der Waals surface area contributed by atoms with E-state index in [0.717, 1.165) is 37.6 Å². The van der Waals surface area contributed by atoms with Crippen LogP contribution in [0.25, 0.3) is 0 Å². The van der Waals surface area contributed by atoms with Crippen molar-refractivity contribution in [3.8, 4) is 0 Å². The van der Waals surface area contributed by atoms with Crippen LogP contribution in [0.4, 0.5) is 0 Å². The molecule has 0 spiro atoms. The summed E-state index contributed by atoms with van der Waals surface area (Å²) < 4.78 is 5.70. The van der Waals surface area contributed by atoms with E-state index in [1.54, 1.807) is 0 Å². The zero-order chi connectivity index (χ0) is 12.3. The number of hydrogen-bond acceptors (Lipinski definition) is 4. The van der Waals surface area contributed by atoms with Gasteiger partial charge < -0.3 is 20.0 Å². The maximum atomic E-state index is 5.70. The molecule has 1 fully saturated rings. The summed E-state index contributed by atoms with van der Waals surface area (Å²) in [6.07, 6.45) is 1.06. The first-order valence-corrected chi connectivity index (χ1v) is 6.34. The van der Waals surface area contributed by atoms with Gasteiger partial charge in [-0.25, -0.2) is 0 Å². The molecule has 96 valence electrons. The Balaban J connectivity index is 1.95. The van der Waals surface area contributed by atoms with E-state index < -0.39 is 0 Å². The average molecular weight is 237 g/mol. The van der Waals surface area contributed by atoms with Gasteiger partial charge in [0.05, 0.1) is 6.04 Å². The Hall–Kier alpha value is -0.840. The molecule has 2 rings (SSSR count). The molecule has 1 saturated heterocycles. The topological polar surface area (TPSA) is 40.4 Å². The van der Waals surface area contributed by atoms with Gasteiger partial charge in [0.1, 0.15) is 11.5 Å². The highest BCUT2D eigenvalue weighted by Crippen LogP contribution is 2.21. The van der Waals surface area contributed by atoms with Gasteiger partial charge in [-0.2, -0.15) is 0 Å². The summed E-state index contributed by atoms with van der Waals surface area (Å²) in [4.78, 5) is 2.38. The van der Waals surface area contributed by atoms with Crippen molar-refractivity contribution < 1.29 is 4.42 Å². The monoisotopic (exact) mass is 237 g/mol. The normalized spacial score (nSPS) is 23.8. The summed E-state index contributed by atoms with van der Waals surface area (Å²) in [7, 11) is 4.17. The molecule has 4 heteroatoms. The number of nitrogens with zero attached hydrogens (tertiary/aromatic N) is 1. The second-order valence-corrected chi connectivity index (χ2v) is 4.94. The van der Waals surface area contributed by atoms with Crippen molar-refractivity contribution >= 4 is 0 Å².